The lowest BCUT2D eigenvalue weighted by Crippen LogP contribution is -1.94. The first-order valence-electron chi connectivity index (χ1n) is 3.25. The maximum absolute atomic E-state index is 12.3. The topological polar surface area (TPSA) is 12.9 Å². The number of halogens is 5. The summed E-state index contributed by atoms with van der Waals surface area (Å²) in [7, 11) is 0. The molecule has 0 amide bonds. The zero-order valence-corrected chi connectivity index (χ0v) is 10.1. The Hall–Kier alpha value is 0.260. The van der Waals surface area contributed by atoms with Crippen molar-refractivity contribution in [3.63, 3.8) is 0 Å². The van der Waals surface area contributed by atoms with Gasteiger partial charge in [-0.05, 0) is 22.0 Å². The molecule has 0 fully saturated rings. The molecular formula is C7H4Br2ClF2N. The Kier molecular flexibility index (Phi) is 4.06. The minimum Gasteiger partial charge on any atom is -0.243 e. The van der Waals surface area contributed by atoms with Gasteiger partial charge in [0.15, 0.2) is 0 Å². The second-order valence-corrected chi connectivity index (χ2v) is 3.95. The molecule has 0 saturated heterocycles. The van der Waals surface area contributed by atoms with Crippen LogP contribution in [0.1, 0.15) is 17.7 Å². The first-order chi connectivity index (χ1) is 6.06. The third-order valence-corrected chi connectivity index (χ3v) is 2.88. The van der Waals surface area contributed by atoms with Crippen molar-refractivity contribution in [3.8, 4) is 0 Å². The van der Waals surface area contributed by atoms with Crippen LogP contribution < -0.4 is 0 Å². The zero-order valence-electron chi connectivity index (χ0n) is 6.20. The Balaban J connectivity index is 3.20. The Bertz CT molecular complexity index is 320. The van der Waals surface area contributed by atoms with Crippen molar-refractivity contribution in [3.05, 3.63) is 26.9 Å². The van der Waals surface area contributed by atoms with Crippen LogP contribution in [0.15, 0.2) is 10.7 Å². The molecule has 0 atom stereocenters. The SMILES string of the molecule is FC(F)c1cc(Cl)c(CBr)nc1Br. The number of nitrogens with zero attached hydrogens (tertiary/aromatic N) is 1. The lowest BCUT2D eigenvalue weighted by molar-refractivity contribution is 0.150. The standard InChI is InChI=1S/C7H4Br2ClF2N/c8-2-5-4(10)1-3(7(11)12)6(9)13-5/h1,7H,2H2. The molecule has 1 rings (SSSR count). The van der Waals surface area contributed by atoms with Crippen molar-refractivity contribution < 1.29 is 8.78 Å². The van der Waals surface area contributed by atoms with Crippen LogP contribution in [0.4, 0.5) is 8.78 Å². The molecule has 0 spiro atoms. The van der Waals surface area contributed by atoms with E-state index in [0.717, 1.165) is 0 Å². The van der Waals surface area contributed by atoms with Gasteiger partial charge in [0.1, 0.15) is 4.60 Å². The van der Waals surface area contributed by atoms with Crippen molar-refractivity contribution in [2.75, 3.05) is 0 Å². The molecule has 13 heavy (non-hydrogen) atoms. The summed E-state index contributed by atoms with van der Waals surface area (Å²) in [6, 6.07) is 1.22. The Morgan fingerprint density at radius 1 is 1.54 bits per heavy atom. The molecule has 0 N–H and O–H groups in total. The van der Waals surface area contributed by atoms with Crippen molar-refractivity contribution >= 4 is 43.5 Å². The van der Waals surface area contributed by atoms with E-state index < -0.39 is 6.43 Å². The predicted molar refractivity (Wildman–Crippen MR) is 54.5 cm³/mol. The first kappa shape index (κ1) is 11.3. The van der Waals surface area contributed by atoms with Crippen molar-refractivity contribution in [2.24, 2.45) is 0 Å². The summed E-state index contributed by atoms with van der Waals surface area (Å²) in [5.41, 5.74) is 0.354. The van der Waals surface area contributed by atoms with Gasteiger partial charge in [0.05, 0.1) is 16.3 Å². The summed E-state index contributed by atoms with van der Waals surface area (Å²) >= 11 is 11.8. The third-order valence-electron chi connectivity index (χ3n) is 1.39. The second kappa shape index (κ2) is 4.66. The van der Waals surface area contributed by atoms with Gasteiger partial charge in [-0.25, -0.2) is 13.8 Å². The third kappa shape index (κ3) is 2.60. The molecule has 0 aromatic carbocycles. The van der Waals surface area contributed by atoms with Crippen molar-refractivity contribution in [1.29, 1.82) is 0 Å². The van der Waals surface area contributed by atoms with Crippen LogP contribution in [0.25, 0.3) is 0 Å². The van der Waals surface area contributed by atoms with Gasteiger partial charge in [0, 0.05) is 5.33 Å². The van der Waals surface area contributed by atoms with E-state index in [4.69, 9.17) is 11.6 Å². The van der Waals surface area contributed by atoms with Crippen LogP contribution in [-0.2, 0) is 5.33 Å². The maximum atomic E-state index is 12.3. The molecule has 0 bridgehead atoms. The van der Waals surface area contributed by atoms with Gasteiger partial charge < -0.3 is 0 Å². The molecule has 0 aliphatic carbocycles. The highest BCUT2D eigenvalue weighted by Gasteiger charge is 2.15. The number of hydrogen-bond donors (Lipinski definition) is 0. The molecule has 1 heterocycles. The van der Waals surface area contributed by atoms with Gasteiger partial charge >= 0.3 is 0 Å². The molecular weight excluding hydrogens is 331 g/mol. The zero-order chi connectivity index (χ0) is 10.0. The number of pyridine rings is 1. The number of rotatable bonds is 2. The fourth-order valence-corrected chi connectivity index (χ4v) is 2.08. The van der Waals surface area contributed by atoms with Crippen LogP contribution in [0.5, 0.6) is 0 Å². The van der Waals surface area contributed by atoms with Crippen LogP contribution in [0.3, 0.4) is 0 Å². The highest BCUT2D eigenvalue weighted by Crippen LogP contribution is 2.30. The average molecular weight is 335 g/mol. The second-order valence-electron chi connectivity index (χ2n) is 2.23. The lowest BCUT2D eigenvalue weighted by atomic mass is 10.2. The molecule has 6 heteroatoms. The summed E-state index contributed by atoms with van der Waals surface area (Å²) in [5, 5.41) is 0.684. The van der Waals surface area contributed by atoms with E-state index in [-0.39, 0.29) is 15.2 Å². The lowest BCUT2D eigenvalue weighted by Gasteiger charge is -2.05. The Labute approximate surface area is 95.8 Å². The molecule has 0 unspecified atom stereocenters. The fraction of sp³-hybridized carbons (Fsp3) is 0.286. The minimum atomic E-state index is -2.57. The summed E-state index contributed by atoms with van der Waals surface area (Å²) in [6.07, 6.45) is -2.57. The predicted octanol–water partition coefficient (Wildman–Crippen LogP) is 4.33. The summed E-state index contributed by atoms with van der Waals surface area (Å²) in [6.45, 7) is 0. The molecule has 1 aromatic rings. The van der Waals surface area contributed by atoms with Crippen molar-refractivity contribution in [1.82, 2.24) is 4.98 Å². The van der Waals surface area contributed by atoms with Gasteiger partial charge in [0.2, 0.25) is 0 Å². The van der Waals surface area contributed by atoms with Crippen LogP contribution >= 0.6 is 43.5 Å². The summed E-state index contributed by atoms with van der Waals surface area (Å²) < 4.78 is 24.7. The van der Waals surface area contributed by atoms with E-state index in [2.05, 4.69) is 36.8 Å². The summed E-state index contributed by atoms with van der Waals surface area (Å²) in [4.78, 5) is 3.87. The van der Waals surface area contributed by atoms with E-state index in [1.54, 1.807) is 0 Å². The Morgan fingerprint density at radius 3 is 2.62 bits per heavy atom. The Morgan fingerprint density at radius 2 is 2.15 bits per heavy atom. The van der Waals surface area contributed by atoms with E-state index in [1.807, 2.05) is 0 Å². The molecule has 0 radical (unpaired) electrons. The molecule has 72 valence electrons. The van der Waals surface area contributed by atoms with Crippen LogP contribution in [-0.4, -0.2) is 4.98 Å². The highest BCUT2D eigenvalue weighted by atomic mass is 79.9. The minimum absolute atomic E-state index is 0.140. The molecule has 0 aliphatic heterocycles. The maximum Gasteiger partial charge on any atom is 0.266 e. The molecule has 0 saturated carbocycles. The number of aromatic nitrogens is 1. The van der Waals surface area contributed by atoms with E-state index in [1.165, 1.54) is 6.07 Å². The van der Waals surface area contributed by atoms with Gasteiger partial charge in [-0.2, -0.15) is 0 Å². The number of hydrogen-bond acceptors (Lipinski definition) is 1. The monoisotopic (exact) mass is 333 g/mol. The van der Waals surface area contributed by atoms with Gasteiger partial charge in [-0.15, -0.1) is 0 Å². The summed E-state index contributed by atoms with van der Waals surface area (Å²) in [5.74, 6) is 0. The average Bonchev–Trinajstić information content (AvgIpc) is 2.07. The largest absolute Gasteiger partial charge is 0.266 e. The fourth-order valence-electron chi connectivity index (χ4n) is 0.763. The quantitative estimate of drug-likeness (QED) is 0.579. The smallest absolute Gasteiger partial charge is 0.243 e. The first-order valence-corrected chi connectivity index (χ1v) is 5.54. The van der Waals surface area contributed by atoms with E-state index in [0.29, 0.717) is 11.0 Å². The number of alkyl halides is 3. The van der Waals surface area contributed by atoms with E-state index in [9.17, 15) is 8.78 Å². The highest BCUT2D eigenvalue weighted by molar-refractivity contribution is 9.10. The van der Waals surface area contributed by atoms with Gasteiger partial charge in [-0.3, -0.25) is 0 Å². The van der Waals surface area contributed by atoms with Gasteiger partial charge in [0.25, 0.3) is 6.43 Å². The van der Waals surface area contributed by atoms with Crippen LogP contribution in [0, 0.1) is 0 Å². The molecule has 1 aromatic heterocycles. The normalized spacial score (nSPS) is 10.9. The van der Waals surface area contributed by atoms with Crippen LogP contribution in [0.2, 0.25) is 5.02 Å². The molecule has 0 aliphatic rings. The molecule has 1 nitrogen and oxygen atoms in total. The van der Waals surface area contributed by atoms with Crippen molar-refractivity contribution in [2.45, 2.75) is 11.8 Å². The van der Waals surface area contributed by atoms with E-state index >= 15 is 0 Å². The van der Waals surface area contributed by atoms with Gasteiger partial charge in [-0.1, -0.05) is 27.5 Å².